The van der Waals surface area contributed by atoms with E-state index in [4.69, 9.17) is 4.74 Å². The highest BCUT2D eigenvalue weighted by Crippen LogP contribution is 2.34. The van der Waals surface area contributed by atoms with E-state index in [1.807, 2.05) is 19.9 Å². The molecule has 1 heterocycles. The van der Waals surface area contributed by atoms with Gasteiger partial charge in [-0.05, 0) is 49.9 Å². The van der Waals surface area contributed by atoms with E-state index in [1.54, 1.807) is 18.2 Å². The van der Waals surface area contributed by atoms with Crippen molar-refractivity contribution in [1.29, 1.82) is 0 Å². The van der Waals surface area contributed by atoms with Gasteiger partial charge in [0.1, 0.15) is 5.75 Å². The molecule has 0 aromatic heterocycles. The van der Waals surface area contributed by atoms with Crippen molar-refractivity contribution in [2.45, 2.75) is 13.8 Å². The molecule has 0 spiro atoms. The van der Waals surface area contributed by atoms with Crippen molar-refractivity contribution in [3.8, 4) is 5.75 Å². The average Bonchev–Trinajstić information content (AvgIpc) is 3.06. The molecule has 1 aliphatic rings. The number of non-ortho nitro benzene ring substituents is 1. The van der Waals surface area contributed by atoms with Crippen LogP contribution in [0.1, 0.15) is 19.4 Å². The third-order valence-corrected chi connectivity index (χ3v) is 6.06. The van der Waals surface area contributed by atoms with Gasteiger partial charge < -0.3 is 15.0 Å². The van der Waals surface area contributed by atoms with Crippen LogP contribution in [0.25, 0.3) is 6.08 Å². The Morgan fingerprint density at radius 1 is 1.21 bits per heavy atom. The zero-order chi connectivity index (χ0) is 24.8. The van der Waals surface area contributed by atoms with Crippen molar-refractivity contribution in [3.05, 3.63) is 63.0 Å². The van der Waals surface area contributed by atoms with E-state index in [0.29, 0.717) is 11.3 Å². The molecule has 1 aliphatic heterocycles. The predicted octanol–water partition coefficient (Wildman–Crippen LogP) is 4.12. The molecular weight excluding hydrogens is 460 g/mol. The fraction of sp³-hybridized carbons (Fsp3) is 0.261. The second-order valence-corrected chi connectivity index (χ2v) is 8.27. The van der Waals surface area contributed by atoms with Gasteiger partial charge in [-0.3, -0.25) is 29.4 Å². The number of nitrogens with one attached hydrogen (secondary N) is 1. The summed E-state index contributed by atoms with van der Waals surface area (Å²) in [7, 11) is 1.41. The third kappa shape index (κ3) is 5.73. The Hall–Kier alpha value is -3.86. The SMILES string of the molecule is CCN(CC)c1ccc(/C=C2/SC(=O)N(C)C2=O)c(OCC(=O)Nc2cccc([N+](=O)[O-])c2)c1. The van der Waals surface area contributed by atoms with Crippen molar-refractivity contribution in [2.75, 3.05) is 37.0 Å². The summed E-state index contributed by atoms with van der Waals surface area (Å²) in [6, 6.07) is 11.0. The molecule has 2 aromatic carbocycles. The molecule has 1 N–H and O–H groups in total. The minimum absolute atomic E-state index is 0.141. The number of carbonyl (C=O) groups excluding carboxylic acids is 3. The monoisotopic (exact) mass is 484 g/mol. The van der Waals surface area contributed by atoms with Crippen LogP contribution in [-0.4, -0.2) is 53.6 Å². The van der Waals surface area contributed by atoms with Crippen molar-refractivity contribution < 1.29 is 24.0 Å². The van der Waals surface area contributed by atoms with Crippen molar-refractivity contribution in [3.63, 3.8) is 0 Å². The summed E-state index contributed by atoms with van der Waals surface area (Å²) in [6.45, 7) is 5.19. The van der Waals surface area contributed by atoms with Gasteiger partial charge in [0.05, 0.1) is 9.83 Å². The number of thioether (sulfide) groups is 1. The Morgan fingerprint density at radius 2 is 1.94 bits per heavy atom. The first kappa shape index (κ1) is 24.8. The van der Waals surface area contributed by atoms with Crippen LogP contribution in [-0.2, 0) is 9.59 Å². The lowest BCUT2D eigenvalue weighted by Gasteiger charge is -2.22. The van der Waals surface area contributed by atoms with E-state index in [0.717, 1.165) is 35.4 Å². The van der Waals surface area contributed by atoms with Gasteiger partial charge in [0.2, 0.25) is 0 Å². The number of amides is 3. The molecule has 1 fully saturated rings. The van der Waals surface area contributed by atoms with Crippen LogP contribution < -0.4 is 15.0 Å². The number of anilines is 2. The Bertz CT molecular complexity index is 1160. The van der Waals surface area contributed by atoms with E-state index in [1.165, 1.54) is 31.3 Å². The number of hydrogen-bond donors (Lipinski definition) is 1. The van der Waals surface area contributed by atoms with Crippen LogP contribution in [0.5, 0.6) is 5.75 Å². The van der Waals surface area contributed by atoms with Crippen LogP contribution in [0.2, 0.25) is 0 Å². The van der Waals surface area contributed by atoms with Crippen molar-refractivity contribution >= 4 is 52.0 Å². The number of ether oxygens (including phenoxy) is 1. The van der Waals surface area contributed by atoms with Crippen LogP contribution in [0.4, 0.5) is 21.9 Å². The lowest BCUT2D eigenvalue weighted by atomic mass is 10.1. The molecule has 0 unspecified atom stereocenters. The molecule has 2 aromatic rings. The minimum Gasteiger partial charge on any atom is -0.483 e. The summed E-state index contributed by atoms with van der Waals surface area (Å²) in [5.74, 6) is -0.549. The molecule has 0 atom stereocenters. The number of nitrogens with zero attached hydrogens (tertiary/aromatic N) is 3. The first-order valence-corrected chi connectivity index (χ1v) is 11.3. The van der Waals surface area contributed by atoms with Crippen LogP contribution in [0.3, 0.4) is 0 Å². The van der Waals surface area contributed by atoms with Crippen molar-refractivity contribution in [2.24, 2.45) is 0 Å². The molecule has 0 radical (unpaired) electrons. The maximum atomic E-state index is 12.5. The minimum atomic E-state index is -0.546. The van der Waals surface area contributed by atoms with Gasteiger partial charge in [-0.15, -0.1) is 0 Å². The first-order valence-electron chi connectivity index (χ1n) is 10.5. The molecule has 178 valence electrons. The lowest BCUT2D eigenvalue weighted by Crippen LogP contribution is -2.23. The zero-order valence-corrected chi connectivity index (χ0v) is 19.8. The van der Waals surface area contributed by atoms with Gasteiger partial charge in [-0.2, -0.15) is 0 Å². The van der Waals surface area contributed by atoms with E-state index < -0.39 is 16.7 Å². The van der Waals surface area contributed by atoms with E-state index >= 15 is 0 Å². The van der Waals surface area contributed by atoms with Crippen LogP contribution >= 0.6 is 11.8 Å². The largest absolute Gasteiger partial charge is 0.483 e. The second-order valence-electron chi connectivity index (χ2n) is 7.28. The highest BCUT2D eigenvalue weighted by atomic mass is 32.2. The highest BCUT2D eigenvalue weighted by Gasteiger charge is 2.32. The molecule has 0 bridgehead atoms. The van der Waals surface area contributed by atoms with Gasteiger partial charge in [-0.25, -0.2) is 0 Å². The molecule has 11 heteroatoms. The van der Waals surface area contributed by atoms with E-state index in [2.05, 4.69) is 10.2 Å². The molecule has 3 amide bonds. The number of hydrogen-bond acceptors (Lipinski definition) is 8. The number of nitro benzene ring substituents is 1. The third-order valence-electron chi connectivity index (χ3n) is 5.10. The summed E-state index contributed by atoms with van der Waals surface area (Å²) in [6.07, 6.45) is 1.56. The lowest BCUT2D eigenvalue weighted by molar-refractivity contribution is -0.384. The van der Waals surface area contributed by atoms with Crippen LogP contribution in [0.15, 0.2) is 47.4 Å². The van der Waals surface area contributed by atoms with Crippen molar-refractivity contribution in [1.82, 2.24) is 4.90 Å². The van der Waals surface area contributed by atoms with Gasteiger partial charge in [0.25, 0.3) is 22.7 Å². The number of nitro groups is 1. The Labute approximate surface area is 200 Å². The van der Waals surface area contributed by atoms with Gasteiger partial charge in [0, 0.05) is 55.3 Å². The molecule has 3 rings (SSSR count). The maximum Gasteiger partial charge on any atom is 0.293 e. The number of carbonyl (C=O) groups is 3. The fourth-order valence-electron chi connectivity index (χ4n) is 3.28. The number of imide groups is 1. The van der Waals surface area contributed by atoms with Gasteiger partial charge >= 0.3 is 0 Å². The molecular formula is C23H24N4O6S. The quantitative estimate of drug-likeness (QED) is 0.320. The number of benzene rings is 2. The Balaban J connectivity index is 1.83. The molecule has 1 saturated heterocycles. The molecule has 0 aliphatic carbocycles. The number of rotatable bonds is 9. The fourth-order valence-corrected chi connectivity index (χ4v) is 4.10. The zero-order valence-electron chi connectivity index (χ0n) is 18.9. The predicted molar refractivity (Wildman–Crippen MR) is 131 cm³/mol. The molecule has 10 nitrogen and oxygen atoms in total. The second kappa shape index (κ2) is 10.8. The summed E-state index contributed by atoms with van der Waals surface area (Å²) < 4.78 is 5.79. The summed E-state index contributed by atoms with van der Waals surface area (Å²) >= 11 is 0.833. The molecule has 34 heavy (non-hydrogen) atoms. The topological polar surface area (TPSA) is 122 Å². The van der Waals surface area contributed by atoms with Crippen LogP contribution in [0, 0.1) is 10.1 Å². The molecule has 0 saturated carbocycles. The summed E-state index contributed by atoms with van der Waals surface area (Å²) in [5.41, 5.74) is 1.55. The van der Waals surface area contributed by atoms with Gasteiger partial charge in [-0.1, -0.05) is 6.07 Å². The average molecular weight is 485 g/mol. The Kier molecular flexibility index (Phi) is 7.90. The standard InChI is InChI=1S/C23H24N4O6S/c1-4-26(5-2)17-10-9-15(11-20-22(29)25(3)23(30)34-20)19(13-17)33-14-21(28)24-16-7-6-8-18(12-16)27(31)32/h6-13H,4-5,14H2,1-3H3,(H,24,28)/b20-11+. The summed E-state index contributed by atoms with van der Waals surface area (Å²) in [4.78, 5) is 50.4. The van der Waals surface area contributed by atoms with E-state index in [-0.39, 0.29) is 28.1 Å². The maximum absolute atomic E-state index is 12.5. The highest BCUT2D eigenvalue weighted by molar-refractivity contribution is 8.18. The summed E-state index contributed by atoms with van der Waals surface area (Å²) in [5, 5.41) is 13.1. The number of likely N-dealkylation sites (N-methyl/N-ethyl adjacent to an activating group) is 1. The normalized spacial score (nSPS) is 14.4. The van der Waals surface area contributed by atoms with Gasteiger partial charge in [0.15, 0.2) is 6.61 Å². The smallest absolute Gasteiger partial charge is 0.293 e. The first-order chi connectivity index (χ1) is 16.2. The Morgan fingerprint density at radius 3 is 2.56 bits per heavy atom. The van der Waals surface area contributed by atoms with E-state index in [9.17, 15) is 24.5 Å².